The monoisotopic (exact) mass is 242 g/mol. The summed E-state index contributed by atoms with van der Waals surface area (Å²) in [7, 11) is 4.01. The number of aromatic nitrogens is 1. The first-order chi connectivity index (χ1) is 8.68. The van der Waals surface area contributed by atoms with E-state index >= 15 is 0 Å². The summed E-state index contributed by atoms with van der Waals surface area (Å²) in [6.07, 6.45) is 1.85. The van der Waals surface area contributed by atoms with E-state index < -0.39 is 0 Å². The summed E-state index contributed by atoms with van der Waals surface area (Å²) in [6.45, 7) is 1.57. The highest BCUT2D eigenvalue weighted by Crippen LogP contribution is 2.13. The van der Waals surface area contributed by atoms with Gasteiger partial charge < -0.3 is 9.47 Å². The molecule has 1 heterocycles. The molecule has 0 saturated carbocycles. The molecule has 0 unspecified atom stereocenters. The lowest BCUT2D eigenvalue weighted by molar-refractivity contribution is 0.381. The fourth-order valence-corrected chi connectivity index (χ4v) is 1.86. The van der Waals surface area contributed by atoms with Crippen molar-refractivity contribution < 1.29 is 0 Å². The summed E-state index contributed by atoms with van der Waals surface area (Å²) in [5.41, 5.74) is 1.81. The van der Waals surface area contributed by atoms with Gasteiger partial charge in [0.25, 0.3) is 5.56 Å². The van der Waals surface area contributed by atoms with Crippen LogP contribution in [0.15, 0.2) is 53.5 Å². The van der Waals surface area contributed by atoms with Crippen molar-refractivity contribution in [1.29, 1.82) is 0 Å². The van der Waals surface area contributed by atoms with Crippen LogP contribution in [-0.2, 0) is 6.54 Å². The van der Waals surface area contributed by atoms with E-state index in [1.807, 2.05) is 62.8 Å². The second-order valence-corrected chi connectivity index (χ2v) is 4.59. The van der Waals surface area contributed by atoms with Crippen LogP contribution in [0.3, 0.4) is 0 Å². The molecule has 0 bridgehead atoms. The van der Waals surface area contributed by atoms with E-state index in [1.54, 1.807) is 4.57 Å². The molecule has 0 radical (unpaired) electrons. The molecule has 1 aromatic heterocycles. The Morgan fingerprint density at radius 1 is 1.06 bits per heavy atom. The number of rotatable bonds is 4. The van der Waals surface area contributed by atoms with Crippen molar-refractivity contribution in [2.24, 2.45) is 0 Å². The minimum atomic E-state index is 0.0746. The third-order valence-corrected chi connectivity index (χ3v) is 2.89. The van der Waals surface area contributed by atoms with Crippen LogP contribution in [0.4, 0.5) is 0 Å². The van der Waals surface area contributed by atoms with E-state index in [-0.39, 0.29) is 5.56 Å². The smallest absolute Gasteiger partial charge is 0.258 e. The molecule has 2 aromatic rings. The predicted molar refractivity (Wildman–Crippen MR) is 74.7 cm³/mol. The van der Waals surface area contributed by atoms with Gasteiger partial charge in [-0.05, 0) is 31.8 Å². The van der Waals surface area contributed by atoms with E-state index in [0.29, 0.717) is 6.54 Å². The van der Waals surface area contributed by atoms with Gasteiger partial charge in [-0.2, -0.15) is 0 Å². The van der Waals surface area contributed by atoms with Gasteiger partial charge in [-0.15, -0.1) is 0 Å². The van der Waals surface area contributed by atoms with Crippen molar-refractivity contribution in [3.05, 3.63) is 59.0 Å². The van der Waals surface area contributed by atoms with Crippen molar-refractivity contribution in [2.75, 3.05) is 20.6 Å². The van der Waals surface area contributed by atoms with E-state index in [0.717, 1.165) is 17.7 Å². The summed E-state index contributed by atoms with van der Waals surface area (Å²) in [4.78, 5) is 14.4. The maximum absolute atomic E-state index is 12.3. The van der Waals surface area contributed by atoms with E-state index in [4.69, 9.17) is 0 Å². The molecule has 0 aliphatic carbocycles. The molecule has 94 valence electrons. The van der Waals surface area contributed by atoms with Crippen molar-refractivity contribution in [1.82, 2.24) is 9.47 Å². The highest BCUT2D eigenvalue weighted by molar-refractivity contribution is 5.61. The number of benzene rings is 1. The molecule has 0 N–H and O–H groups in total. The lowest BCUT2D eigenvalue weighted by Gasteiger charge is -2.12. The van der Waals surface area contributed by atoms with Crippen LogP contribution in [0.25, 0.3) is 11.1 Å². The number of hydrogen-bond acceptors (Lipinski definition) is 2. The Bertz CT molecular complexity index is 558. The van der Waals surface area contributed by atoms with Crippen LogP contribution >= 0.6 is 0 Å². The van der Waals surface area contributed by atoms with Crippen molar-refractivity contribution in [2.45, 2.75) is 6.54 Å². The average Bonchev–Trinajstić information content (AvgIpc) is 2.38. The number of pyridine rings is 1. The molecule has 0 saturated heterocycles. The van der Waals surface area contributed by atoms with Gasteiger partial charge in [0.1, 0.15) is 0 Å². The Balaban J connectivity index is 2.34. The number of likely N-dealkylation sites (N-methyl/N-ethyl adjacent to an activating group) is 1. The number of hydrogen-bond donors (Lipinski definition) is 0. The highest BCUT2D eigenvalue weighted by Gasteiger charge is 2.05. The molecule has 3 nitrogen and oxygen atoms in total. The second-order valence-electron chi connectivity index (χ2n) is 4.59. The quantitative estimate of drug-likeness (QED) is 0.820. The average molecular weight is 242 g/mol. The van der Waals surface area contributed by atoms with Gasteiger partial charge in [-0.3, -0.25) is 4.79 Å². The Morgan fingerprint density at radius 2 is 1.78 bits per heavy atom. The normalized spacial score (nSPS) is 10.8. The van der Waals surface area contributed by atoms with E-state index in [1.165, 1.54) is 0 Å². The molecule has 0 atom stereocenters. The van der Waals surface area contributed by atoms with Gasteiger partial charge in [-0.25, -0.2) is 0 Å². The Morgan fingerprint density at radius 3 is 2.44 bits per heavy atom. The first-order valence-corrected chi connectivity index (χ1v) is 6.08. The molecule has 0 fully saturated rings. The molecule has 0 aliphatic heterocycles. The van der Waals surface area contributed by atoms with Crippen LogP contribution in [0.5, 0.6) is 0 Å². The van der Waals surface area contributed by atoms with Gasteiger partial charge in [0.2, 0.25) is 0 Å². The largest absolute Gasteiger partial charge is 0.314 e. The Labute approximate surface area is 107 Å². The lowest BCUT2D eigenvalue weighted by Crippen LogP contribution is -2.26. The minimum Gasteiger partial charge on any atom is -0.314 e. The SMILES string of the molecule is CN(C)CCn1cccc(-c2ccccc2)c1=O. The maximum atomic E-state index is 12.3. The summed E-state index contributed by atoms with van der Waals surface area (Å²) in [5, 5.41) is 0. The lowest BCUT2D eigenvalue weighted by atomic mass is 10.1. The fraction of sp³-hybridized carbons (Fsp3) is 0.267. The zero-order chi connectivity index (χ0) is 13.0. The first kappa shape index (κ1) is 12.6. The standard InChI is InChI=1S/C15H18N2O/c1-16(2)11-12-17-10-6-9-14(15(17)18)13-7-4-3-5-8-13/h3-10H,11-12H2,1-2H3. The van der Waals surface area contributed by atoms with Crippen molar-refractivity contribution >= 4 is 0 Å². The van der Waals surface area contributed by atoms with E-state index in [9.17, 15) is 4.79 Å². The van der Waals surface area contributed by atoms with Crippen molar-refractivity contribution in [3.63, 3.8) is 0 Å². The third kappa shape index (κ3) is 2.87. The zero-order valence-electron chi connectivity index (χ0n) is 10.8. The van der Waals surface area contributed by atoms with Crippen LogP contribution < -0.4 is 5.56 Å². The first-order valence-electron chi connectivity index (χ1n) is 6.08. The summed E-state index contributed by atoms with van der Waals surface area (Å²) >= 11 is 0. The minimum absolute atomic E-state index is 0.0746. The van der Waals surface area contributed by atoms with Gasteiger partial charge in [-0.1, -0.05) is 30.3 Å². The van der Waals surface area contributed by atoms with E-state index in [2.05, 4.69) is 4.90 Å². The zero-order valence-corrected chi connectivity index (χ0v) is 10.8. The molecule has 2 rings (SSSR count). The molecular weight excluding hydrogens is 224 g/mol. The molecule has 18 heavy (non-hydrogen) atoms. The molecular formula is C15H18N2O. The second kappa shape index (κ2) is 5.65. The summed E-state index contributed by atoms with van der Waals surface area (Å²) in [6, 6.07) is 13.6. The van der Waals surface area contributed by atoms with Crippen molar-refractivity contribution in [3.8, 4) is 11.1 Å². The van der Waals surface area contributed by atoms with Crippen LogP contribution in [-0.4, -0.2) is 30.1 Å². The molecule has 0 spiro atoms. The number of nitrogens with zero attached hydrogens (tertiary/aromatic N) is 2. The van der Waals surface area contributed by atoms with Crippen LogP contribution in [0, 0.1) is 0 Å². The van der Waals surface area contributed by atoms with Gasteiger partial charge in [0.05, 0.1) is 0 Å². The summed E-state index contributed by atoms with van der Waals surface area (Å²) in [5.74, 6) is 0. The highest BCUT2D eigenvalue weighted by atomic mass is 16.1. The maximum Gasteiger partial charge on any atom is 0.258 e. The van der Waals surface area contributed by atoms with Crippen LogP contribution in [0.1, 0.15) is 0 Å². The predicted octanol–water partition coefficient (Wildman–Crippen LogP) is 2.08. The summed E-state index contributed by atoms with van der Waals surface area (Å²) < 4.78 is 1.77. The Hall–Kier alpha value is -1.87. The molecule has 3 heteroatoms. The van der Waals surface area contributed by atoms with Crippen LogP contribution in [0.2, 0.25) is 0 Å². The Kier molecular flexibility index (Phi) is 3.95. The van der Waals surface area contributed by atoms with Gasteiger partial charge in [0, 0.05) is 24.8 Å². The van der Waals surface area contributed by atoms with Gasteiger partial charge >= 0.3 is 0 Å². The fourth-order valence-electron chi connectivity index (χ4n) is 1.86. The molecule has 0 amide bonds. The molecule has 1 aromatic carbocycles. The molecule has 0 aliphatic rings. The van der Waals surface area contributed by atoms with Gasteiger partial charge in [0.15, 0.2) is 0 Å². The third-order valence-electron chi connectivity index (χ3n) is 2.89. The topological polar surface area (TPSA) is 25.2 Å².